The van der Waals surface area contributed by atoms with Gasteiger partial charge in [-0.1, -0.05) is 39.7 Å². The molecule has 2 rings (SSSR count). The van der Waals surface area contributed by atoms with Crippen LogP contribution < -0.4 is 0 Å². The first-order chi connectivity index (χ1) is 8.99. The van der Waals surface area contributed by atoms with Gasteiger partial charge >= 0.3 is 0 Å². The summed E-state index contributed by atoms with van der Waals surface area (Å²) in [7, 11) is 0. The monoisotopic (exact) mass is 346 g/mol. The van der Waals surface area contributed by atoms with E-state index < -0.39 is 17.7 Å². The lowest BCUT2D eigenvalue weighted by Crippen LogP contribution is -2.04. The predicted octanol–water partition coefficient (Wildman–Crippen LogP) is 4.66. The van der Waals surface area contributed by atoms with Crippen LogP contribution in [0.2, 0.25) is 5.02 Å². The summed E-state index contributed by atoms with van der Waals surface area (Å²) in [6.07, 6.45) is -0.858. The van der Waals surface area contributed by atoms with Crippen molar-refractivity contribution in [1.82, 2.24) is 0 Å². The van der Waals surface area contributed by atoms with E-state index in [4.69, 9.17) is 11.6 Å². The van der Waals surface area contributed by atoms with Crippen LogP contribution >= 0.6 is 27.5 Å². The van der Waals surface area contributed by atoms with E-state index in [0.29, 0.717) is 15.6 Å². The topological polar surface area (TPSA) is 20.2 Å². The Bertz CT molecular complexity index is 604. The third kappa shape index (κ3) is 3.32. The molecule has 1 N–H and O–H groups in total. The van der Waals surface area contributed by atoms with Crippen molar-refractivity contribution >= 4 is 27.5 Å². The molecule has 1 unspecified atom stereocenters. The van der Waals surface area contributed by atoms with Crippen LogP contribution in [0.5, 0.6) is 0 Å². The predicted molar refractivity (Wildman–Crippen MR) is 74.2 cm³/mol. The summed E-state index contributed by atoms with van der Waals surface area (Å²) in [5, 5.41) is 10.1. The first-order valence-corrected chi connectivity index (χ1v) is 6.72. The van der Waals surface area contributed by atoms with Crippen molar-refractivity contribution in [1.29, 1.82) is 0 Å². The van der Waals surface area contributed by atoms with E-state index in [9.17, 15) is 13.9 Å². The molecule has 0 aromatic heterocycles. The number of benzene rings is 2. The third-order valence-corrected chi connectivity index (χ3v) is 3.91. The molecule has 0 spiro atoms. The van der Waals surface area contributed by atoms with Gasteiger partial charge in [-0.3, -0.25) is 0 Å². The largest absolute Gasteiger partial charge is 0.388 e. The second-order valence-electron chi connectivity index (χ2n) is 4.10. The number of halogens is 4. The van der Waals surface area contributed by atoms with E-state index >= 15 is 0 Å². The molecule has 0 radical (unpaired) electrons. The van der Waals surface area contributed by atoms with E-state index in [1.807, 2.05) is 0 Å². The minimum Gasteiger partial charge on any atom is -0.388 e. The van der Waals surface area contributed by atoms with Crippen molar-refractivity contribution in [3.05, 3.63) is 68.7 Å². The maximum Gasteiger partial charge on any atom is 0.142 e. The van der Waals surface area contributed by atoms with Crippen molar-refractivity contribution in [2.24, 2.45) is 0 Å². The summed E-state index contributed by atoms with van der Waals surface area (Å²) < 4.78 is 27.1. The SMILES string of the molecule is OC(Cc1cccc(F)c1Cl)c1cc(F)ccc1Br. The fourth-order valence-electron chi connectivity index (χ4n) is 1.79. The zero-order valence-corrected chi connectivity index (χ0v) is 12.0. The zero-order valence-electron chi connectivity index (χ0n) is 9.71. The Hall–Kier alpha value is -0.970. The Morgan fingerprint density at radius 2 is 1.95 bits per heavy atom. The van der Waals surface area contributed by atoms with Gasteiger partial charge in [-0.25, -0.2) is 8.78 Å². The van der Waals surface area contributed by atoms with Crippen LogP contribution in [0.1, 0.15) is 17.2 Å². The van der Waals surface area contributed by atoms with Gasteiger partial charge in [0.2, 0.25) is 0 Å². The first kappa shape index (κ1) is 14.4. The van der Waals surface area contributed by atoms with E-state index in [2.05, 4.69) is 15.9 Å². The Kier molecular flexibility index (Phi) is 4.55. The molecule has 1 atom stereocenters. The molecular formula is C14H10BrClF2O. The molecule has 0 aliphatic carbocycles. The Labute approximate surface area is 123 Å². The summed E-state index contributed by atoms with van der Waals surface area (Å²) >= 11 is 9.07. The lowest BCUT2D eigenvalue weighted by atomic mass is 10.0. The number of aliphatic hydroxyl groups excluding tert-OH is 1. The highest BCUT2D eigenvalue weighted by Crippen LogP contribution is 2.29. The normalized spacial score (nSPS) is 12.5. The molecular weight excluding hydrogens is 338 g/mol. The zero-order chi connectivity index (χ0) is 14.0. The van der Waals surface area contributed by atoms with Gasteiger partial charge in [0.25, 0.3) is 0 Å². The summed E-state index contributed by atoms with van der Waals surface area (Å²) in [5.74, 6) is -0.979. The molecule has 0 bridgehead atoms. The van der Waals surface area contributed by atoms with Crippen molar-refractivity contribution in [3.63, 3.8) is 0 Å². The molecule has 19 heavy (non-hydrogen) atoms. The average Bonchev–Trinajstić information content (AvgIpc) is 2.38. The highest BCUT2D eigenvalue weighted by molar-refractivity contribution is 9.10. The smallest absolute Gasteiger partial charge is 0.142 e. The average molecular weight is 348 g/mol. The molecule has 0 amide bonds. The first-order valence-electron chi connectivity index (χ1n) is 5.55. The number of hydrogen-bond acceptors (Lipinski definition) is 1. The second kappa shape index (κ2) is 5.99. The minimum absolute atomic E-state index is 0.0194. The second-order valence-corrected chi connectivity index (χ2v) is 5.33. The molecule has 0 fully saturated rings. The van der Waals surface area contributed by atoms with Gasteiger partial charge in [0, 0.05) is 10.9 Å². The maximum atomic E-state index is 13.3. The van der Waals surface area contributed by atoms with Crippen molar-refractivity contribution in [2.45, 2.75) is 12.5 Å². The van der Waals surface area contributed by atoms with Crippen molar-refractivity contribution in [3.8, 4) is 0 Å². The van der Waals surface area contributed by atoms with Crippen LogP contribution in [-0.4, -0.2) is 5.11 Å². The van der Waals surface area contributed by atoms with Gasteiger partial charge in [0.05, 0.1) is 11.1 Å². The molecule has 0 heterocycles. The third-order valence-electron chi connectivity index (χ3n) is 2.76. The van der Waals surface area contributed by atoms with Crippen LogP contribution in [0.3, 0.4) is 0 Å². The fraction of sp³-hybridized carbons (Fsp3) is 0.143. The molecule has 0 aliphatic heterocycles. The molecule has 100 valence electrons. The van der Waals surface area contributed by atoms with Gasteiger partial charge in [-0.15, -0.1) is 0 Å². The molecule has 0 saturated carbocycles. The van der Waals surface area contributed by atoms with E-state index in [0.717, 1.165) is 0 Å². The van der Waals surface area contributed by atoms with E-state index in [1.54, 1.807) is 6.07 Å². The fourth-order valence-corrected chi connectivity index (χ4v) is 2.51. The van der Waals surface area contributed by atoms with Crippen molar-refractivity contribution < 1.29 is 13.9 Å². The van der Waals surface area contributed by atoms with Crippen molar-refractivity contribution in [2.75, 3.05) is 0 Å². The molecule has 0 saturated heterocycles. The van der Waals surface area contributed by atoms with Gasteiger partial charge < -0.3 is 5.11 Å². The lowest BCUT2D eigenvalue weighted by molar-refractivity contribution is 0.177. The standard InChI is InChI=1S/C14H10BrClF2O/c15-11-5-4-9(17)7-10(11)13(19)6-8-2-1-3-12(18)14(8)16/h1-5,7,13,19H,6H2. The summed E-state index contributed by atoms with van der Waals surface area (Å²) in [5.41, 5.74) is 0.880. The van der Waals surface area contributed by atoms with Gasteiger partial charge in [0.1, 0.15) is 11.6 Å². The van der Waals surface area contributed by atoms with Crippen LogP contribution in [0.4, 0.5) is 8.78 Å². The summed E-state index contributed by atoms with van der Waals surface area (Å²) in [6, 6.07) is 8.43. The molecule has 0 aliphatic rings. The summed E-state index contributed by atoms with van der Waals surface area (Å²) in [4.78, 5) is 0. The number of aliphatic hydroxyl groups is 1. The van der Waals surface area contributed by atoms with Crippen LogP contribution in [0.25, 0.3) is 0 Å². The molecule has 5 heteroatoms. The molecule has 1 nitrogen and oxygen atoms in total. The highest BCUT2D eigenvalue weighted by atomic mass is 79.9. The Morgan fingerprint density at radius 1 is 1.21 bits per heavy atom. The van der Waals surface area contributed by atoms with Gasteiger partial charge in [0.15, 0.2) is 0 Å². The Morgan fingerprint density at radius 3 is 2.68 bits per heavy atom. The van der Waals surface area contributed by atoms with Gasteiger partial charge in [-0.2, -0.15) is 0 Å². The quantitative estimate of drug-likeness (QED) is 0.856. The van der Waals surface area contributed by atoms with Crippen LogP contribution in [0, 0.1) is 11.6 Å². The lowest BCUT2D eigenvalue weighted by Gasteiger charge is -2.14. The Balaban J connectivity index is 2.28. The van der Waals surface area contributed by atoms with Crippen LogP contribution in [-0.2, 0) is 6.42 Å². The number of rotatable bonds is 3. The molecule has 2 aromatic rings. The minimum atomic E-state index is -0.968. The molecule has 2 aromatic carbocycles. The maximum absolute atomic E-state index is 13.3. The van der Waals surface area contributed by atoms with Gasteiger partial charge in [-0.05, 0) is 35.4 Å². The summed E-state index contributed by atoms with van der Waals surface area (Å²) in [6.45, 7) is 0. The number of hydrogen-bond donors (Lipinski definition) is 1. The van der Waals surface area contributed by atoms with E-state index in [1.165, 1.54) is 30.3 Å². The highest BCUT2D eigenvalue weighted by Gasteiger charge is 2.16. The van der Waals surface area contributed by atoms with Crippen LogP contribution in [0.15, 0.2) is 40.9 Å². The van der Waals surface area contributed by atoms with E-state index in [-0.39, 0.29) is 11.4 Å².